The van der Waals surface area contributed by atoms with Gasteiger partial charge in [-0.05, 0) is 23.6 Å². The minimum absolute atomic E-state index is 0.151. The zero-order valence-corrected chi connectivity index (χ0v) is 17.2. The summed E-state index contributed by atoms with van der Waals surface area (Å²) in [5.41, 5.74) is 3.37. The summed E-state index contributed by atoms with van der Waals surface area (Å²) in [7, 11) is 0. The van der Waals surface area contributed by atoms with Gasteiger partial charge in [-0.2, -0.15) is 0 Å². The molecule has 1 aliphatic heterocycles. The number of nitro groups is 2. The van der Waals surface area contributed by atoms with Crippen LogP contribution in [0.1, 0.15) is 4.88 Å². The first kappa shape index (κ1) is 21.4. The molecule has 30 heavy (non-hydrogen) atoms. The molecular formula is C16H11N5O6S3. The molecule has 154 valence electrons. The molecule has 2 N–H and O–H groups in total. The van der Waals surface area contributed by atoms with Crippen LogP contribution in [0, 0.1) is 20.2 Å². The van der Waals surface area contributed by atoms with Gasteiger partial charge in [-0.1, -0.05) is 30.0 Å². The maximum Gasteiger partial charge on any atom is 0.300 e. The Morgan fingerprint density at radius 3 is 2.63 bits per heavy atom. The van der Waals surface area contributed by atoms with Crippen LogP contribution in [0.4, 0.5) is 17.1 Å². The summed E-state index contributed by atoms with van der Waals surface area (Å²) in [6.45, 7) is -0.403. The van der Waals surface area contributed by atoms with Gasteiger partial charge in [0.15, 0.2) is 0 Å². The number of thiophene rings is 1. The first-order valence-electron chi connectivity index (χ1n) is 8.03. The van der Waals surface area contributed by atoms with E-state index in [1.165, 1.54) is 11.3 Å². The average Bonchev–Trinajstić information content (AvgIpc) is 3.30. The van der Waals surface area contributed by atoms with Crippen LogP contribution < -0.4 is 10.9 Å². The highest BCUT2D eigenvalue weighted by atomic mass is 32.2. The standard InChI is InChI=1S/C16H11N5O6S3/c22-14(18-17-11-4-3-9(20(24)25)6-12(11)21(26)27)8-19-15(23)13(30-16(19)28)7-10-2-1-5-29-10/h1-7,17H,8H2,(H,18,22)/b13-7+. The number of benzene rings is 1. The van der Waals surface area contributed by atoms with Gasteiger partial charge in [-0.25, -0.2) is 0 Å². The van der Waals surface area contributed by atoms with E-state index in [0.717, 1.165) is 39.7 Å². The molecule has 2 amide bonds. The molecule has 0 aliphatic carbocycles. The zero-order chi connectivity index (χ0) is 21.8. The molecule has 1 aromatic heterocycles. The lowest BCUT2D eigenvalue weighted by Crippen LogP contribution is -2.41. The van der Waals surface area contributed by atoms with Crippen LogP contribution in [-0.4, -0.2) is 37.4 Å². The summed E-state index contributed by atoms with van der Waals surface area (Å²) in [6, 6.07) is 6.60. The van der Waals surface area contributed by atoms with Crippen molar-refractivity contribution in [3.8, 4) is 0 Å². The molecule has 2 aromatic rings. The van der Waals surface area contributed by atoms with E-state index in [0.29, 0.717) is 4.91 Å². The van der Waals surface area contributed by atoms with E-state index >= 15 is 0 Å². The van der Waals surface area contributed by atoms with Crippen molar-refractivity contribution < 1.29 is 19.4 Å². The van der Waals surface area contributed by atoms with E-state index in [1.807, 2.05) is 17.5 Å². The van der Waals surface area contributed by atoms with E-state index < -0.39 is 39.6 Å². The van der Waals surface area contributed by atoms with Crippen molar-refractivity contribution >= 4 is 74.6 Å². The smallest absolute Gasteiger partial charge is 0.292 e. The zero-order valence-electron chi connectivity index (χ0n) is 14.8. The molecule has 1 fully saturated rings. The van der Waals surface area contributed by atoms with Crippen LogP contribution in [0.25, 0.3) is 6.08 Å². The summed E-state index contributed by atoms with van der Waals surface area (Å²) in [5, 5.41) is 23.8. The first-order chi connectivity index (χ1) is 14.3. The van der Waals surface area contributed by atoms with Gasteiger partial charge in [-0.3, -0.25) is 45.6 Å². The molecule has 0 bridgehead atoms. The lowest BCUT2D eigenvalue weighted by Gasteiger charge is -2.15. The third-order valence-electron chi connectivity index (χ3n) is 3.72. The highest BCUT2D eigenvalue weighted by molar-refractivity contribution is 8.26. The summed E-state index contributed by atoms with van der Waals surface area (Å²) in [6.07, 6.45) is 1.68. The van der Waals surface area contributed by atoms with Crippen LogP contribution in [-0.2, 0) is 9.59 Å². The lowest BCUT2D eigenvalue weighted by atomic mass is 10.2. The lowest BCUT2D eigenvalue weighted by molar-refractivity contribution is -0.393. The van der Waals surface area contributed by atoms with Crippen molar-refractivity contribution in [1.82, 2.24) is 10.3 Å². The topological polar surface area (TPSA) is 148 Å². The van der Waals surface area contributed by atoms with E-state index in [2.05, 4.69) is 10.9 Å². The molecule has 0 atom stereocenters. The third kappa shape index (κ3) is 4.79. The minimum Gasteiger partial charge on any atom is -0.292 e. The normalized spacial score (nSPS) is 14.8. The number of thiocarbonyl (C=S) groups is 1. The number of hydrogen-bond acceptors (Lipinski definition) is 10. The number of nitrogens with zero attached hydrogens (tertiary/aromatic N) is 3. The van der Waals surface area contributed by atoms with Gasteiger partial charge >= 0.3 is 5.69 Å². The summed E-state index contributed by atoms with van der Waals surface area (Å²) in [4.78, 5) is 47.4. The highest BCUT2D eigenvalue weighted by Gasteiger charge is 2.33. The van der Waals surface area contributed by atoms with Gasteiger partial charge in [0.1, 0.15) is 16.6 Å². The van der Waals surface area contributed by atoms with E-state index in [-0.39, 0.29) is 10.0 Å². The number of non-ortho nitro benzene ring substituents is 1. The fraction of sp³-hybridized carbons (Fsp3) is 0.0625. The number of thioether (sulfide) groups is 1. The van der Waals surface area contributed by atoms with Gasteiger partial charge in [0.2, 0.25) is 0 Å². The predicted molar refractivity (Wildman–Crippen MR) is 116 cm³/mol. The maximum absolute atomic E-state index is 12.5. The van der Waals surface area contributed by atoms with Crippen molar-refractivity contribution in [2.75, 3.05) is 12.0 Å². The number of rotatable bonds is 7. The minimum atomic E-state index is -0.821. The van der Waals surface area contributed by atoms with Gasteiger partial charge < -0.3 is 0 Å². The molecule has 1 aliphatic rings. The first-order valence-corrected chi connectivity index (χ1v) is 10.1. The molecule has 11 nitrogen and oxygen atoms in total. The molecule has 0 radical (unpaired) electrons. The number of hydrazine groups is 1. The van der Waals surface area contributed by atoms with Crippen LogP contribution >= 0.6 is 35.3 Å². The van der Waals surface area contributed by atoms with Gasteiger partial charge in [0.05, 0.1) is 20.8 Å². The Kier molecular flexibility index (Phi) is 6.39. The van der Waals surface area contributed by atoms with Crippen molar-refractivity contribution in [3.05, 3.63) is 65.7 Å². The molecule has 0 spiro atoms. The number of hydrogen-bond donors (Lipinski definition) is 2. The van der Waals surface area contributed by atoms with Crippen LogP contribution in [0.5, 0.6) is 0 Å². The number of amides is 2. The van der Waals surface area contributed by atoms with Gasteiger partial charge in [0, 0.05) is 10.9 Å². The summed E-state index contributed by atoms with van der Waals surface area (Å²) >= 11 is 7.68. The van der Waals surface area contributed by atoms with Crippen LogP contribution in [0.2, 0.25) is 0 Å². The fourth-order valence-electron chi connectivity index (χ4n) is 2.35. The molecule has 3 rings (SSSR count). The summed E-state index contributed by atoms with van der Waals surface area (Å²) < 4.78 is 0.208. The predicted octanol–water partition coefficient (Wildman–Crippen LogP) is 2.91. The Morgan fingerprint density at radius 2 is 2.00 bits per heavy atom. The van der Waals surface area contributed by atoms with E-state index in [1.54, 1.807) is 6.08 Å². The molecule has 0 unspecified atom stereocenters. The van der Waals surface area contributed by atoms with Gasteiger partial charge in [-0.15, -0.1) is 11.3 Å². The second kappa shape index (κ2) is 8.98. The molecular weight excluding hydrogens is 454 g/mol. The number of nitrogens with one attached hydrogen (secondary N) is 2. The SMILES string of the molecule is O=C(CN1C(=O)/C(=C\c2cccs2)SC1=S)NNc1ccc([N+](=O)[O-])cc1[N+](=O)[O-]. The third-order valence-corrected chi connectivity index (χ3v) is 5.91. The summed E-state index contributed by atoms with van der Waals surface area (Å²) in [5.74, 6) is -1.11. The van der Waals surface area contributed by atoms with Crippen molar-refractivity contribution in [2.45, 2.75) is 0 Å². The Balaban J connectivity index is 1.65. The molecule has 1 saturated heterocycles. The van der Waals surface area contributed by atoms with Crippen LogP contribution in [0.15, 0.2) is 40.6 Å². The Bertz CT molecular complexity index is 1090. The Labute approximate surface area is 182 Å². The van der Waals surface area contributed by atoms with E-state index in [4.69, 9.17) is 12.2 Å². The molecule has 2 heterocycles. The fourth-order valence-corrected chi connectivity index (χ4v) is 4.33. The Hall–Kier alpha value is -3.36. The number of anilines is 1. The van der Waals surface area contributed by atoms with Gasteiger partial charge in [0.25, 0.3) is 17.5 Å². The number of carbonyl (C=O) groups is 2. The van der Waals surface area contributed by atoms with Crippen molar-refractivity contribution in [2.24, 2.45) is 0 Å². The van der Waals surface area contributed by atoms with E-state index in [9.17, 15) is 29.8 Å². The average molecular weight is 465 g/mol. The van der Waals surface area contributed by atoms with Crippen LogP contribution in [0.3, 0.4) is 0 Å². The number of nitro benzene ring substituents is 2. The van der Waals surface area contributed by atoms with Crippen molar-refractivity contribution in [1.29, 1.82) is 0 Å². The second-order valence-corrected chi connectivity index (χ2v) is 8.33. The Morgan fingerprint density at radius 1 is 1.23 bits per heavy atom. The molecule has 14 heteroatoms. The quantitative estimate of drug-likeness (QED) is 0.272. The maximum atomic E-state index is 12.5. The van der Waals surface area contributed by atoms with Crippen molar-refractivity contribution in [3.63, 3.8) is 0 Å². The monoisotopic (exact) mass is 465 g/mol. The largest absolute Gasteiger partial charge is 0.300 e. The number of carbonyl (C=O) groups excluding carboxylic acids is 2. The second-order valence-electron chi connectivity index (χ2n) is 5.67. The highest BCUT2D eigenvalue weighted by Crippen LogP contribution is 2.33. The molecule has 1 aromatic carbocycles. The molecule has 0 saturated carbocycles.